The van der Waals surface area contributed by atoms with E-state index in [9.17, 15) is 13.2 Å². The largest absolute Gasteiger partial charge is 0.496 e. The number of hydrogen-bond donors (Lipinski definition) is 0. The van der Waals surface area contributed by atoms with Crippen LogP contribution < -0.4 is 9.64 Å². The lowest BCUT2D eigenvalue weighted by Crippen LogP contribution is -2.43. The van der Waals surface area contributed by atoms with Gasteiger partial charge in [-0.25, -0.2) is 8.42 Å². The molecule has 0 unspecified atom stereocenters. The summed E-state index contributed by atoms with van der Waals surface area (Å²) in [5.41, 5.74) is 2.69. The molecule has 2 aromatic rings. The first-order valence-corrected chi connectivity index (χ1v) is 10.2. The molecule has 0 aliphatic carbocycles. The average Bonchev–Trinajstić information content (AvgIpc) is 2.97. The van der Waals surface area contributed by atoms with Crippen LogP contribution in [0.4, 0.5) is 5.69 Å². The monoisotopic (exact) mass is 388 g/mol. The van der Waals surface area contributed by atoms with Crippen LogP contribution in [-0.4, -0.2) is 45.4 Å². The number of carbonyl (C=O) groups excluding carboxylic acids is 1. The first-order chi connectivity index (χ1) is 12.8. The van der Waals surface area contributed by atoms with E-state index in [4.69, 9.17) is 4.74 Å². The van der Waals surface area contributed by atoms with Crippen LogP contribution in [0.3, 0.4) is 0 Å². The van der Waals surface area contributed by atoms with Crippen LogP contribution in [-0.2, 0) is 21.2 Å². The topological polar surface area (TPSA) is 66.9 Å². The van der Waals surface area contributed by atoms with Crippen molar-refractivity contribution in [2.24, 2.45) is 0 Å². The maximum atomic E-state index is 12.9. The molecule has 1 atom stereocenters. The van der Waals surface area contributed by atoms with Crippen molar-refractivity contribution in [1.29, 1.82) is 0 Å². The molecular formula is C20H24N2O4S. The molecule has 1 aliphatic rings. The number of para-hydroxylation sites is 1. The minimum Gasteiger partial charge on any atom is -0.496 e. The molecule has 1 aliphatic heterocycles. The second-order valence-corrected chi connectivity index (χ2v) is 8.88. The molecule has 1 heterocycles. The first-order valence-electron chi connectivity index (χ1n) is 8.76. The number of sulfonamides is 1. The van der Waals surface area contributed by atoms with Gasteiger partial charge in [-0.3, -0.25) is 4.79 Å². The third kappa shape index (κ3) is 3.57. The molecular weight excluding hydrogens is 364 g/mol. The zero-order valence-electron chi connectivity index (χ0n) is 16.0. The summed E-state index contributed by atoms with van der Waals surface area (Å²) in [6.45, 7) is 3.54. The lowest BCUT2D eigenvalue weighted by Gasteiger charge is -2.25. The number of rotatable bonds is 5. The maximum absolute atomic E-state index is 12.9. The number of ether oxygens (including phenoxy) is 1. The number of hydrogen-bond acceptors (Lipinski definition) is 4. The van der Waals surface area contributed by atoms with E-state index in [2.05, 4.69) is 0 Å². The number of amides is 1. The minimum absolute atomic E-state index is 0.00855. The number of fused-ring (bicyclic) bond motifs is 1. The fraction of sp³-hybridized carbons (Fsp3) is 0.350. The number of likely N-dealkylation sites (N-methyl/N-ethyl adjacent to an activating group) is 1. The number of carbonyl (C=O) groups is 1. The van der Waals surface area contributed by atoms with Gasteiger partial charge in [-0.1, -0.05) is 18.2 Å². The Balaban J connectivity index is 1.81. The average molecular weight is 388 g/mol. The Hall–Kier alpha value is -2.38. The highest BCUT2D eigenvalue weighted by Crippen LogP contribution is 2.32. The normalized spacial score (nSPS) is 16.5. The Morgan fingerprint density at radius 1 is 1.26 bits per heavy atom. The Labute approximate surface area is 160 Å². The number of methoxy groups -OCH3 is 1. The van der Waals surface area contributed by atoms with E-state index in [1.54, 1.807) is 24.0 Å². The maximum Gasteiger partial charge on any atom is 0.243 e. The molecule has 7 heteroatoms. The highest BCUT2D eigenvalue weighted by Gasteiger charge is 2.33. The molecule has 0 spiro atoms. The second-order valence-electron chi connectivity index (χ2n) is 6.84. The Kier molecular flexibility index (Phi) is 5.26. The summed E-state index contributed by atoms with van der Waals surface area (Å²) in [5.74, 6) is 0.388. The molecule has 2 aromatic carbocycles. The summed E-state index contributed by atoms with van der Waals surface area (Å²) >= 11 is 0. The van der Waals surface area contributed by atoms with E-state index in [-0.39, 0.29) is 23.4 Å². The fourth-order valence-electron chi connectivity index (χ4n) is 3.49. The first kappa shape index (κ1) is 19.4. The standard InChI is InChI=1S/C20H24N2O4S/c1-14-11-17(9-10-19(14)26-4)27(24,25)21(3)13-20(23)22-15(2)12-16-7-5-6-8-18(16)22/h5-11,15H,12-13H2,1-4H3/t15-/m1/s1. The highest BCUT2D eigenvalue weighted by atomic mass is 32.2. The summed E-state index contributed by atoms with van der Waals surface area (Å²) < 4.78 is 32.0. The predicted octanol–water partition coefficient (Wildman–Crippen LogP) is 2.60. The molecule has 0 aromatic heterocycles. The molecule has 6 nitrogen and oxygen atoms in total. The third-order valence-electron chi connectivity index (χ3n) is 4.91. The molecule has 0 saturated carbocycles. The second kappa shape index (κ2) is 7.32. The van der Waals surface area contributed by atoms with E-state index in [1.165, 1.54) is 20.2 Å². The Morgan fingerprint density at radius 2 is 1.96 bits per heavy atom. The molecule has 27 heavy (non-hydrogen) atoms. The van der Waals surface area contributed by atoms with Gasteiger partial charge in [0.25, 0.3) is 0 Å². The minimum atomic E-state index is -3.78. The van der Waals surface area contributed by atoms with Crippen molar-refractivity contribution < 1.29 is 17.9 Å². The smallest absolute Gasteiger partial charge is 0.243 e. The van der Waals surface area contributed by atoms with Crippen LogP contribution in [0.25, 0.3) is 0 Å². The van der Waals surface area contributed by atoms with Gasteiger partial charge in [0.15, 0.2) is 0 Å². The lowest BCUT2D eigenvalue weighted by molar-refractivity contribution is -0.118. The van der Waals surface area contributed by atoms with Crippen molar-refractivity contribution in [3.8, 4) is 5.75 Å². The van der Waals surface area contributed by atoms with Crippen molar-refractivity contribution in [3.05, 3.63) is 53.6 Å². The van der Waals surface area contributed by atoms with Gasteiger partial charge in [0.05, 0.1) is 18.6 Å². The number of benzene rings is 2. The van der Waals surface area contributed by atoms with Gasteiger partial charge in [0, 0.05) is 18.8 Å². The summed E-state index contributed by atoms with van der Waals surface area (Å²) in [5, 5.41) is 0. The molecule has 144 valence electrons. The number of anilines is 1. The molecule has 0 fully saturated rings. The predicted molar refractivity (Wildman–Crippen MR) is 105 cm³/mol. The highest BCUT2D eigenvalue weighted by molar-refractivity contribution is 7.89. The Morgan fingerprint density at radius 3 is 2.63 bits per heavy atom. The molecule has 0 N–H and O–H groups in total. The van der Waals surface area contributed by atoms with Crippen LogP contribution in [0.15, 0.2) is 47.4 Å². The Bertz CT molecular complexity index is 972. The summed E-state index contributed by atoms with van der Waals surface area (Å²) in [6, 6.07) is 12.4. The fourth-order valence-corrected chi connectivity index (χ4v) is 4.69. The lowest BCUT2D eigenvalue weighted by atomic mass is 10.1. The van der Waals surface area contributed by atoms with Gasteiger partial charge < -0.3 is 9.64 Å². The molecule has 0 radical (unpaired) electrons. The van der Waals surface area contributed by atoms with E-state index < -0.39 is 10.0 Å². The van der Waals surface area contributed by atoms with Gasteiger partial charge in [-0.05, 0) is 55.7 Å². The SMILES string of the molecule is COc1ccc(S(=O)(=O)N(C)CC(=O)N2c3ccccc3C[C@H]2C)cc1C. The van der Waals surface area contributed by atoms with Crippen molar-refractivity contribution in [3.63, 3.8) is 0 Å². The van der Waals surface area contributed by atoms with Gasteiger partial charge in [0.1, 0.15) is 5.75 Å². The molecule has 3 rings (SSSR count). The number of nitrogens with zero attached hydrogens (tertiary/aromatic N) is 2. The molecule has 0 saturated heterocycles. The van der Waals surface area contributed by atoms with E-state index in [0.29, 0.717) is 5.75 Å². The van der Waals surface area contributed by atoms with E-state index in [0.717, 1.165) is 27.5 Å². The van der Waals surface area contributed by atoms with Crippen molar-refractivity contribution in [2.45, 2.75) is 31.2 Å². The van der Waals surface area contributed by atoms with Gasteiger partial charge in [0.2, 0.25) is 15.9 Å². The van der Waals surface area contributed by atoms with Crippen molar-refractivity contribution in [2.75, 3.05) is 25.6 Å². The quantitative estimate of drug-likeness (QED) is 0.790. The van der Waals surface area contributed by atoms with Crippen LogP contribution in [0.1, 0.15) is 18.1 Å². The van der Waals surface area contributed by atoms with E-state index in [1.807, 2.05) is 31.2 Å². The third-order valence-corrected chi connectivity index (χ3v) is 6.71. The van der Waals surface area contributed by atoms with Crippen LogP contribution in [0.2, 0.25) is 0 Å². The van der Waals surface area contributed by atoms with Gasteiger partial charge in [-0.15, -0.1) is 0 Å². The van der Waals surface area contributed by atoms with Crippen LogP contribution >= 0.6 is 0 Å². The van der Waals surface area contributed by atoms with Crippen LogP contribution in [0, 0.1) is 6.92 Å². The van der Waals surface area contributed by atoms with Gasteiger partial charge in [-0.2, -0.15) is 4.31 Å². The summed E-state index contributed by atoms with van der Waals surface area (Å²) in [6.07, 6.45) is 0.774. The van der Waals surface area contributed by atoms with E-state index >= 15 is 0 Å². The molecule has 1 amide bonds. The summed E-state index contributed by atoms with van der Waals surface area (Å²) in [4.78, 5) is 14.7. The van der Waals surface area contributed by atoms with Crippen LogP contribution in [0.5, 0.6) is 5.75 Å². The van der Waals surface area contributed by atoms with Gasteiger partial charge >= 0.3 is 0 Å². The zero-order chi connectivity index (χ0) is 19.8. The number of aryl methyl sites for hydroxylation is 1. The van der Waals surface area contributed by atoms with Crippen molar-refractivity contribution in [1.82, 2.24) is 4.31 Å². The zero-order valence-corrected chi connectivity index (χ0v) is 16.8. The summed E-state index contributed by atoms with van der Waals surface area (Å²) in [7, 11) is -0.808. The molecule has 0 bridgehead atoms. The van der Waals surface area contributed by atoms with Crippen molar-refractivity contribution >= 4 is 21.6 Å².